The molecule has 2 heteroatoms. The van der Waals surface area contributed by atoms with E-state index in [1.54, 1.807) is 0 Å². The van der Waals surface area contributed by atoms with Crippen LogP contribution in [0.1, 0.15) is 32.2 Å². The van der Waals surface area contributed by atoms with Gasteiger partial charge in [-0.15, -0.1) is 0 Å². The number of aryl methyl sites for hydroxylation is 1. The first-order valence-electron chi connectivity index (χ1n) is 4.16. The summed E-state index contributed by atoms with van der Waals surface area (Å²) in [6.07, 6.45) is 0. The van der Waals surface area contributed by atoms with E-state index in [-0.39, 0.29) is 5.41 Å². The smallest absolute Gasteiger partial charge is 0.0363 e. The number of halogens is 1. The van der Waals surface area contributed by atoms with Gasteiger partial charge in [-0.2, -0.15) is 0 Å². The van der Waals surface area contributed by atoms with Gasteiger partial charge in [0.25, 0.3) is 0 Å². The predicted octanol–water partition coefficient (Wildman–Crippen LogP) is 3.24. The second-order valence-electron chi connectivity index (χ2n) is 4.29. The number of hydrogen-bond acceptors (Lipinski definition) is 0. The maximum Gasteiger partial charge on any atom is 0.0363 e. The van der Waals surface area contributed by atoms with Crippen molar-refractivity contribution in [2.24, 2.45) is 7.05 Å². The molecule has 0 saturated carbocycles. The van der Waals surface area contributed by atoms with Gasteiger partial charge in [-0.05, 0) is 35.6 Å². The van der Waals surface area contributed by atoms with E-state index >= 15 is 0 Å². The lowest BCUT2D eigenvalue weighted by Crippen LogP contribution is -2.17. The zero-order valence-corrected chi connectivity index (χ0v) is 10.6. The van der Waals surface area contributed by atoms with Gasteiger partial charge in [0.05, 0.1) is 0 Å². The van der Waals surface area contributed by atoms with E-state index in [2.05, 4.69) is 68.0 Å². The standard InChI is InChI=1S/C10H16IN/c1-7-6-8(11)9(12(7)5)10(2,3)4/h6H,1-5H3. The number of aromatic nitrogens is 1. The molecule has 0 N–H and O–H groups in total. The molecule has 1 heterocycles. The van der Waals surface area contributed by atoms with E-state index in [0.29, 0.717) is 0 Å². The molecule has 68 valence electrons. The van der Waals surface area contributed by atoms with Crippen molar-refractivity contribution in [1.82, 2.24) is 4.57 Å². The summed E-state index contributed by atoms with van der Waals surface area (Å²) in [7, 11) is 2.14. The first-order chi connectivity index (χ1) is 5.34. The SMILES string of the molecule is Cc1cc(I)c(C(C)(C)C)n1C. The molecule has 1 rings (SSSR count). The molecular weight excluding hydrogens is 261 g/mol. The first-order valence-corrected chi connectivity index (χ1v) is 5.24. The third kappa shape index (κ3) is 1.68. The third-order valence-corrected chi connectivity index (χ3v) is 2.96. The molecule has 1 aromatic heterocycles. The van der Waals surface area contributed by atoms with E-state index in [0.717, 1.165) is 0 Å². The number of hydrogen-bond donors (Lipinski definition) is 0. The van der Waals surface area contributed by atoms with Crippen LogP contribution < -0.4 is 0 Å². The molecule has 0 unspecified atom stereocenters. The van der Waals surface area contributed by atoms with Crippen LogP contribution in [0.5, 0.6) is 0 Å². The zero-order chi connectivity index (χ0) is 9.52. The van der Waals surface area contributed by atoms with Crippen molar-refractivity contribution in [2.45, 2.75) is 33.1 Å². The van der Waals surface area contributed by atoms with Gasteiger partial charge in [0.1, 0.15) is 0 Å². The average molecular weight is 277 g/mol. The molecule has 0 aliphatic carbocycles. The lowest BCUT2D eigenvalue weighted by Gasteiger charge is -2.21. The molecular formula is C10H16IN. The van der Waals surface area contributed by atoms with Crippen LogP contribution in [0.3, 0.4) is 0 Å². The Morgan fingerprint density at radius 2 is 1.83 bits per heavy atom. The quantitative estimate of drug-likeness (QED) is 0.642. The Kier molecular flexibility index (Phi) is 2.57. The van der Waals surface area contributed by atoms with Crippen LogP contribution in [0, 0.1) is 10.5 Å². The molecule has 0 aliphatic rings. The largest absolute Gasteiger partial charge is 0.350 e. The lowest BCUT2D eigenvalue weighted by atomic mass is 9.92. The fourth-order valence-corrected chi connectivity index (χ4v) is 3.17. The number of nitrogens with zero attached hydrogens (tertiary/aromatic N) is 1. The Morgan fingerprint density at radius 1 is 1.33 bits per heavy atom. The summed E-state index contributed by atoms with van der Waals surface area (Å²) in [6.45, 7) is 8.91. The van der Waals surface area contributed by atoms with Crippen LogP contribution in [0.25, 0.3) is 0 Å². The van der Waals surface area contributed by atoms with Crippen molar-refractivity contribution in [3.63, 3.8) is 0 Å². The Morgan fingerprint density at radius 3 is 2.00 bits per heavy atom. The highest BCUT2D eigenvalue weighted by Gasteiger charge is 2.21. The van der Waals surface area contributed by atoms with E-state index in [9.17, 15) is 0 Å². The second-order valence-corrected chi connectivity index (χ2v) is 5.45. The summed E-state index contributed by atoms with van der Waals surface area (Å²) in [5.74, 6) is 0. The minimum atomic E-state index is 0.250. The molecule has 1 nitrogen and oxygen atoms in total. The molecule has 0 radical (unpaired) electrons. The third-order valence-electron chi connectivity index (χ3n) is 2.14. The van der Waals surface area contributed by atoms with Gasteiger partial charge in [-0.25, -0.2) is 0 Å². The van der Waals surface area contributed by atoms with E-state index in [1.807, 2.05) is 0 Å². The van der Waals surface area contributed by atoms with E-state index in [4.69, 9.17) is 0 Å². The van der Waals surface area contributed by atoms with Crippen LogP contribution in [0.15, 0.2) is 6.07 Å². The number of rotatable bonds is 0. The van der Waals surface area contributed by atoms with Crippen LogP contribution in [-0.4, -0.2) is 4.57 Å². The van der Waals surface area contributed by atoms with Crippen LogP contribution in [0.4, 0.5) is 0 Å². The summed E-state index contributed by atoms with van der Waals surface area (Å²) in [6, 6.07) is 2.24. The summed E-state index contributed by atoms with van der Waals surface area (Å²) >= 11 is 2.41. The molecule has 0 bridgehead atoms. The van der Waals surface area contributed by atoms with Crippen molar-refractivity contribution in [3.05, 3.63) is 21.0 Å². The summed E-state index contributed by atoms with van der Waals surface area (Å²) in [4.78, 5) is 0. The van der Waals surface area contributed by atoms with Gasteiger partial charge in [0.15, 0.2) is 0 Å². The van der Waals surface area contributed by atoms with Gasteiger partial charge >= 0.3 is 0 Å². The highest BCUT2D eigenvalue weighted by atomic mass is 127. The molecule has 1 aromatic rings. The molecule has 0 atom stereocenters. The average Bonchev–Trinajstić information content (AvgIpc) is 2.05. The molecule has 0 spiro atoms. The molecule has 0 fully saturated rings. The van der Waals surface area contributed by atoms with Crippen molar-refractivity contribution in [1.29, 1.82) is 0 Å². The van der Waals surface area contributed by atoms with Crippen molar-refractivity contribution in [3.8, 4) is 0 Å². The fraction of sp³-hybridized carbons (Fsp3) is 0.600. The zero-order valence-electron chi connectivity index (χ0n) is 8.40. The van der Waals surface area contributed by atoms with Gasteiger partial charge in [0, 0.05) is 27.4 Å². The summed E-state index contributed by atoms with van der Waals surface area (Å²) < 4.78 is 3.65. The van der Waals surface area contributed by atoms with Gasteiger partial charge in [-0.3, -0.25) is 0 Å². The first kappa shape index (κ1) is 10.1. The lowest BCUT2D eigenvalue weighted by molar-refractivity contribution is 0.536. The Hall–Kier alpha value is 0.01000. The molecule has 0 aromatic carbocycles. The van der Waals surface area contributed by atoms with Crippen LogP contribution >= 0.6 is 22.6 Å². The van der Waals surface area contributed by atoms with Crippen LogP contribution in [0.2, 0.25) is 0 Å². The Bertz CT molecular complexity index is 292. The van der Waals surface area contributed by atoms with Crippen molar-refractivity contribution in [2.75, 3.05) is 0 Å². The Balaban J connectivity index is 3.32. The normalized spacial score (nSPS) is 12.2. The molecule has 0 aliphatic heterocycles. The molecule has 12 heavy (non-hydrogen) atoms. The second kappa shape index (κ2) is 3.05. The monoisotopic (exact) mass is 277 g/mol. The van der Waals surface area contributed by atoms with Gasteiger partial charge < -0.3 is 4.57 Å². The minimum absolute atomic E-state index is 0.250. The topological polar surface area (TPSA) is 4.93 Å². The van der Waals surface area contributed by atoms with Crippen molar-refractivity contribution < 1.29 is 0 Å². The predicted molar refractivity (Wildman–Crippen MR) is 61.6 cm³/mol. The highest BCUT2D eigenvalue weighted by molar-refractivity contribution is 14.1. The summed E-state index contributed by atoms with van der Waals surface area (Å²) in [5.41, 5.74) is 3.02. The maximum absolute atomic E-state index is 2.41. The maximum atomic E-state index is 2.41. The highest BCUT2D eigenvalue weighted by Crippen LogP contribution is 2.28. The van der Waals surface area contributed by atoms with Gasteiger partial charge in [-0.1, -0.05) is 20.8 Å². The van der Waals surface area contributed by atoms with Gasteiger partial charge in [0.2, 0.25) is 0 Å². The van der Waals surface area contributed by atoms with E-state index in [1.165, 1.54) is 15.0 Å². The fourth-order valence-electron chi connectivity index (χ4n) is 1.55. The van der Waals surface area contributed by atoms with Crippen molar-refractivity contribution >= 4 is 22.6 Å². The van der Waals surface area contributed by atoms with E-state index < -0.39 is 0 Å². The molecule has 0 saturated heterocycles. The minimum Gasteiger partial charge on any atom is -0.350 e. The van der Waals surface area contributed by atoms with Crippen LogP contribution in [-0.2, 0) is 12.5 Å². The summed E-state index contributed by atoms with van der Waals surface area (Å²) in [5, 5.41) is 0. The Labute approximate surface area is 88.3 Å². The molecule has 0 amide bonds.